The maximum absolute atomic E-state index is 14.1. The number of benzene rings is 2. The van der Waals surface area contributed by atoms with Crippen LogP contribution in [0, 0.1) is 6.92 Å². The molecule has 1 aliphatic rings. The summed E-state index contributed by atoms with van der Waals surface area (Å²) < 4.78 is 42.3. The van der Waals surface area contributed by atoms with E-state index in [1.54, 1.807) is 48.8 Å². The van der Waals surface area contributed by atoms with Crippen molar-refractivity contribution in [3.8, 4) is 11.4 Å². The van der Waals surface area contributed by atoms with Gasteiger partial charge >= 0.3 is 6.18 Å². The van der Waals surface area contributed by atoms with Crippen molar-refractivity contribution in [1.82, 2.24) is 34.7 Å². The number of fused-ring (bicyclic) bond motifs is 1. The van der Waals surface area contributed by atoms with Crippen LogP contribution in [0.25, 0.3) is 22.6 Å². The molecule has 0 aliphatic carbocycles. The third kappa shape index (κ3) is 6.46. The second kappa shape index (κ2) is 12.1. The molecule has 0 saturated carbocycles. The summed E-state index contributed by atoms with van der Waals surface area (Å²) in [5.41, 5.74) is 3.53. The first kappa shape index (κ1) is 29.4. The minimum atomic E-state index is -4.52. The Hall–Kier alpha value is -4.68. The summed E-state index contributed by atoms with van der Waals surface area (Å²) in [7, 11) is 2.01. The van der Waals surface area contributed by atoms with Crippen molar-refractivity contribution in [3.63, 3.8) is 0 Å². The second-order valence-electron chi connectivity index (χ2n) is 11.1. The SMILES string of the molecule is Cc1ccc(C(=O)Cc2ccc(CN3CCN(C)CC3)c(C(F)(F)F)c2)cc1Nc1nc(-c2ccncc2)nc2nc[nH]c12. The molecular formula is C32H31F3N8O. The predicted molar refractivity (Wildman–Crippen MR) is 162 cm³/mol. The minimum absolute atomic E-state index is 0.162. The van der Waals surface area contributed by atoms with Gasteiger partial charge in [0.2, 0.25) is 0 Å². The first-order valence-corrected chi connectivity index (χ1v) is 14.3. The average Bonchev–Trinajstić information content (AvgIpc) is 3.49. The molecular weight excluding hydrogens is 569 g/mol. The van der Waals surface area contributed by atoms with E-state index in [1.807, 2.05) is 18.9 Å². The maximum Gasteiger partial charge on any atom is 0.416 e. The highest BCUT2D eigenvalue weighted by Gasteiger charge is 2.34. The lowest BCUT2D eigenvalue weighted by molar-refractivity contribution is -0.138. The van der Waals surface area contributed by atoms with Gasteiger partial charge in [-0.3, -0.25) is 14.7 Å². The van der Waals surface area contributed by atoms with Crippen molar-refractivity contribution in [3.05, 3.63) is 95.1 Å². The lowest BCUT2D eigenvalue weighted by Crippen LogP contribution is -2.44. The van der Waals surface area contributed by atoms with E-state index >= 15 is 0 Å². The molecule has 226 valence electrons. The maximum atomic E-state index is 14.1. The van der Waals surface area contributed by atoms with Crippen molar-refractivity contribution in [2.75, 3.05) is 38.5 Å². The fourth-order valence-electron chi connectivity index (χ4n) is 5.28. The number of aryl methyl sites for hydroxylation is 1. The normalized spacial score (nSPS) is 14.7. The number of ketones is 1. The number of carbonyl (C=O) groups is 1. The Kier molecular flexibility index (Phi) is 8.11. The van der Waals surface area contributed by atoms with Crippen molar-refractivity contribution in [2.45, 2.75) is 26.1 Å². The molecule has 12 heteroatoms. The van der Waals surface area contributed by atoms with Crippen LogP contribution in [0.2, 0.25) is 0 Å². The van der Waals surface area contributed by atoms with Crippen molar-refractivity contribution in [1.29, 1.82) is 0 Å². The van der Waals surface area contributed by atoms with Crippen molar-refractivity contribution < 1.29 is 18.0 Å². The molecule has 2 aromatic carbocycles. The summed E-state index contributed by atoms with van der Waals surface area (Å²) in [5.74, 6) is 0.633. The van der Waals surface area contributed by atoms with Gasteiger partial charge in [0.15, 0.2) is 23.1 Å². The number of H-pyrrole nitrogens is 1. The topological polar surface area (TPSA) is 103 Å². The van der Waals surface area contributed by atoms with Crippen LogP contribution >= 0.6 is 0 Å². The van der Waals surface area contributed by atoms with Gasteiger partial charge in [0.1, 0.15) is 5.52 Å². The van der Waals surface area contributed by atoms with E-state index in [0.717, 1.165) is 30.3 Å². The van der Waals surface area contributed by atoms with Crippen LogP contribution in [0.1, 0.15) is 32.6 Å². The van der Waals surface area contributed by atoms with E-state index in [4.69, 9.17) is 0 Å². The Morgan fingerprint density at radius 2 is 1.77 bits per heavy atom. The highest BCUT2D eigenvalue weighted by Crippen LogP contribution is 2.34. The zero-order valence-corrected chi connectivity index (χ0v) is 24.3. The van der Waals surface area contributed by atoms with Crippen LogP contribution in [-0.4, -0.2) is 73.7 Å². The largest absolute Gasteiger partial charge is 0.416 e. The number of anilines is 2. The molecule has 4 heterocycles. The third-order valence-electron chi connectivity index (χ3n) is 7.87. The highest BCUT2D eigenvalue weighted by molar-refractivity contribution is 5.99. The number of hydrogen-bond donors (Lipinski definition) is 2. The van der Waals surface area contributed by atoms with Gasteiger partial charge < -0.3 is 15.2 Å². The van der Waals surface area contributed by atoms with E-state index in [9.17, 15) is 18.0 Å². The average molecular weight is 601 g/mol. The number of nitrogens with zero attached hydrogens (tertiary/aromatic N) is 6. The van der Waals surface area contributed by atoms with Gasteiger partial charge in [-0.2, -0.15) is 13.2 Å². The number of Topliss-reactive ketones (excluding diaryl/α,β-unsaturated/α-hetero) is 1. The molecule has 0 atom stereocenters. The summed E-state index contributed by atoms with van der Waals surface area (Å²) in [6.07, 6.45) is 0.147. The minimum Gasteiger partial charge on any atom is -0.340 e. The standard InChI is InChI=1S/C32H31F3N8O/c1-20-3-5-23(17-26(20)39-31-28-30(38-19-37-28)40-29(41-31)22-7-9-36-10-8-22)27(44)16-21-4-6-24(25(15-21)32(33,34)35)18-43-13-11-42(2)12-14-43/h3-10,15,17,19H,11-14,16,18H2,1-2H3,(H2,37,38,39,40,41). The summed E-state index contributed by atoms with van der Waals surface area (Å²) in [6, 6.07) is 13.0. The number of aromatic amines is 1. The fourth-order valence-corrected chi connectivity index (χ4v) is 5.28. The van der Waals surface area contributed by atoms with Gasteiger partial charge in [-0.15, -0.1) is 0 Å². The van der Waals surface area contributed by atoms with Gasteiger partial charge in [-0.1, -0.05) is 24.3 Å². The lowest BCUT2D eigenvalue weighted by Gasteiger charge is -2.33. The summed E-state index contributed by atoms with van der Waals surface area (Å²) in [6.45, 7) is 5.17. The van der Waals surface area contributed by atoms with E-state index in [2.05, 4.69) is 35.1 Å². The van der Waals surface area contributed by atoms with E-state index in [0.29, 0.717) is 52.7 Å². The van der Waals surface area contributed by atoms with Crippen LogP contribution in [0.3, 0.4) is 0 Å². The third-order valence-corrected chi connectivity index (χ3v) is 7.87. The molecule has 5 aromatic rings. The molecule has 0 radical (unpaired) electrons. The first-order chi connectivity index (χ1) is 21.1. The number of pyridine rings is 1. The van der Waals surface area contributed by atoms with Gasteiger partial charge in [-0.05, 0) is 54.9 Å². The zero-order chi connectivity index (χ0) is 30.8. The van der Waals surface area contributed by atoms with Crippen LogP contribution < -0.4 is 5.32 Å². The van der Waals surface area contributed by atoms with Crippen molar-refractivity contribution >= 4 is 28.5 Å². The van der Waals surface area contributed by atoms with Crippen LogP contribution in [0.5, 0.6) is 0 Å². The molecule has 1 saturated heterocycles. The molecule has 1 aliphatic heterocycles. The number of halogens is 3. The molecule has 0 unspecified atom stereocenters. The zero-order valence-electron chi connectivity index (χ0n) is 24.3. The number of rotatable bonds is 8. The molecule has 1 fully saturated rings. The summed E-state index contributed by atoms with van der Waals surface area (Å²) >= 11 is 0. The second-order valence-corrected chi connectivity index (χ2v) is 11.1. The van der Waals surface area contributed by atoms with Gasteiger partial charge in [0, 0.05) is 68.4 Å². The molecule has 0 spiro atoms. The molecule has 6 rings (SSSR count). The Balaban J connectivity index is 1.24. The number of likely N-dealkylation sites (N-methyl/N-ethyl adjacent to an activating group) is 1. The molecule has 2 N–H and O–H groups in total. The fraction of sp³-hybridized carbons (Fsp3) is 0.281. The summed E-state index contributed by atoms with van der Waals surface area (Å²) in [4.78, 5) is 38.2. The number of nitrogens with one attached hydrogen (secondary N) is 2. The monoisotopic (exact) mass is 600 g/mol. The molecule has 44 heavy (non-hydrogen) atoms. The Bertz CT molecular complexity index is 1800. The molecule has 3 aromatic heterocycles. The number of hydrogen-bond acceptors (Lipinski definition) is 8. The van der Waals surface area contributed by atoms with E-state index in [-0.39, 0.29) is 24.3 Å². The van der Waals surface area contributed by atoms with Gasteiger partial charge in [0.05, 0.1) is 11.9 Å². The number of piperazine rings is 1. The lowest BCUT2D eigenvalue weighted by atomic mass is 9.97. The smallest absolute Gasteiger partial charge is 0.340 e. The predicted octanol–water partition coefficient (Wildman–Crippen LogP) is 5.66. The van der Waals surface area contributed by atoms with E-state index < -0.39 is 11.7 Å². The summed E-state index contributed by atoms with van der Waals surface area (Å²) in [5, 5.41) is 3.30. The molecule has 0 bridgehead atoms. The Labute approximate surface area is 252 Å². The molecule has 0 amide bonds. The van der Waals surface area contributed by atoms with Crippen LogP contribution in [0.4, 0.5) is 24.7 Å². The Morgan fingerprint density at radius 3 is 2.52 bits per heavy atom. The van der Waals surface area contributed by atoms with Crippen LogP contribution in [-0.2, 0) is 19.1 Å². The van der Waals surface area contributed by atoms with Crippen LogP contribution in [0.15, 0.2) is 67.3 Å². The Morgan fingerprint density at radius 1 is 1.00 bits per heavy atom. The number of alkyl halides is 3. The van der Waals surface area contributed by atoms with Gasteiger partial charge in [0.25, 0.3) is 0 Å². The number of aromatic nitrogens is 5. The van der Waals surface area contributed by atoms with E-state index in [1.165, 1.54) is 12.4 Å². The number of carbonyl (C=O) groups excluding carboxylic acids is 1. The van der Waals surface area contributed by atoms with Crippen molar-refractivity contribution in [2.24, 2.45) is 0 Å². The molecule has 9 nitrogen and oxygen atoms in total. The quantitative estimate of drug-likeness (QED) is 0.220. The highest BCUT2D eigenvalue weighted by atomic mass is 19.4. The number of imidazole rings is 1. The van der Waals surface area contributed by atoms with Gasteiger partial charge in [-0.25, -0.2) is 15.0 Å². The first-order valence-electron chi connectivity index (χ1n) is 14.3.